The number of halogens is 3. The van der Waals surface area contributed by atoms with Crippen LogP contribution in [0.5, 0.6) is 5.75 Å². The Morgan fingerprint density at radius 3 is 2.76 bits per heavy atom. The van der Waals surface area contributed by atoms with Gasteiger partial charge in [0.15, 0.2) is 11.8 Å². The largest absolute Gasteiger partial charge is 0.484 e. The van der Waals surface area contributed by atoms with Crippen LogP contribution in [0.2, 0.25) is 0 Å². The smallest absolute Gasteiger partial charge is 0.422 e. The molecular weight excluding hydrogens is 419 g/mol. The zero-order valence-electron chi connectivity index (χ0n) is 16.2. The van der Waals surface area contributed by atoms with Crippen molar-refractivity contribution in [3.05, 3.63) is 41.7 Å². The summed E-state index contributed by atoms with van der Waals surface area (Å²) < 4.78 is 41.7. The van der Waals surface area contributed by atoms with E-state index in [1.807, 2.05) is 24.0 Å². The molecule has 9 heteroatoms. The van der Waals surface area contributed by atoms with Gasteiger partial charge >= 0.3 is 6.18 Å². The number of aromatic amines is 1. The molecular formula is C20H22F3N3OS2. The fourth-order valence-electron chi connectivity index (χ4n) is 2.61. The predicted molar refractivity (Wildman–Crippen MR) is 112 cm³/mol. The lowest BCUT2D eigenvalue weighted by atomic mass is 10.2. The summed E-state index contributed by atoms with van der Waals surface area (Å²) >= 11 is 3.37. The van der Waals surface area contributed by atoms with Gasteiger partial charge in [-0.1, -0.05) is 25.1 Å². The van der Waals surface area contributed by atoms with Crippen LogP contribution in [0.1, 0.15) is 31.0 Å². The van der Waals surface area contributed by atoms with Gasteiger partial charge in [-0.05, 0) is 42.9 Å². The van der Waals surface area contributed by atoms with Gasteiger partial charge in [-0.3, -0.25) is 4.98 Å². The van der Waals surface area contributed by atoms with Crippen LogP contribution < -0.4 is 4.74 Å². The first-order chi connectivity index (χ1) is 13.9. The molecule has 2 aromatic heterocycles. The van der Waals surface area contributed by atoms with Crippen molar-refractivity contribution in [1.82, 2.24) is 15.0 Å². The van der Waals surface area contributed by atoms with Gasteiger partial charge in [0.2, 0.25) is 0 Å². The molecule has 0 saturated carbocycles. The van der Waals surface area contributed by atoms with Gasteiger partial charge < -0.3 is 9.72 Å². The normalized spacial score (nSPS) is 11.9. The van der Waals surface area contributed by atoms with E-state index in [1.165, 1.54) is 47.2 Å². The first-order valence-corrected chi connectivity index (χ1v) is 11.2. The second-order valence-electron chi connectivity index (χ2n) is 6.50. The van der Waals surface area contributed by atoms with Gasteiger partial charge in [0.25, 0.3) is 0 Å². The Morgan fingerprint density at radius 1 is 1.17 bits per heavy atom. The van der Waals surface area contributed by atoms with E-state index < -0.39 is 12.8 Å². The SMILES string of the molecule is CCCCSc1ccnc(CSc2nc3cc(OCC(F)(F)F)ccc3[nH]2)c1C. The highest BCUT2D eigenvalue weighted by Crippen LogP contribution is 2.29. The summed E-state index contributed by atoms with van der Waals surface area (Å²) in [6, 6.07) is 6.74. The van der Waals surface area contributed by atoms with Crippen molar-refractivity contribution >= 4 is 34.6 Å². The number of H-pyrrole nitrogens is 1. The van der Waals surface area contributed by atoms with E-state index in [0.29, 0.717) is 16.4 Å². The highest BCUT2D eigenvalue weighted by atomic mass is 32.2. The van der Waals surface area contributed by atoms with Crippen LogP contribution in [0.4, 0.5) is 13.2 Å². The van der Waals surface area contributed by atoms with Crippen molar-refractivity contribution < 1.29 is 17.9 Å². The average Bonchev–Trinajstić information content (AvgIpc) is 3.08. The minimum absolute atomic E-state index is 0.146. The van der Waals surface area contributed by atoms with E-state index in [0.717, 1.165) is 17.0 Å². The highest BCUT2D eigenvalue weighted by molar-refractivity contribution is 7.99. The van der Waals surface area contributed by atoms with Gasteiger partial charge in [0, 0.05) is 22.9 Å². The molecule has 29 heavy (non-hydrogen) atoms. The molecule has 0 aliphatic rings. The number of nitrogens with one attached hydrogen (secondary N) is 1. The Bertz CT molecular complexity index is 960. The number of alkyl halides is 3. The fraction of sp³-hybridized carbons (Fsp3) is 0.400. The maximum atomic E-state index is 12.3. The second kappa shape index (κ2) is 9.75. The topological polar surface area (TPSA) is 50.8 Å². The molecule has 2 heterocycles. The zero-order valence-corrected chi connectivity index (χ0v) is 17.8. The number of imidazole rings is 1. The third-order valence-electron chi connectivity index (χ3n) is 4.20. The Balaban J connectivity index is 1.65. The predicted octanol–water partition coefficient (Wildman–Crippen LogP) is 6.39. The van der Waals surface area contributed by atoms with Crippen molar-refractivity contribution in [2.24, 2.45) is 0 Å². The molecule has 0 saturated heterocycles. The minimum atomic E-state index is -4.37. The molecule has 1 N–H and O–H groups in total. The van der Waals surface area contributed by atoms with Crippen molar-refractivity contribution in [1.29, 1.82) is 0 Å². The number of thioether (sulfide) groups is 2. The Labute approximate surface area is 176 Å². The average molecular weight is 442 g/mol. The molecule has 156 valence electrons. The molecule has 0 bridgehead atoms. The molecule has 0 aliphatic heterocycles. The monoisotopic (exact) mass is 441 g/mol. The molecule has 0 radical (unpaired) electrons. The molecule has 0 fully saturated rings. The number of pyridine rings is 1. The van der Waals surface area contributed by atoms with Gasteiger partial charge in [0.05, 0.1) is 16.7 Å². The molecule has 1 aromatic carbocycles. The Morgan fingerprint density at radius 2 is 2.00 bits per heavy atom. The van der Waals surface area contributed by atoms with Crippen LogP contribution in [0, 0.1) is 6.92 Å². The molecule has 0 unspecified atom stereocenters. The number of unbranched alkanes of at least 4 members (excludes halogenated alkanes) is 1. The van der Waals surface area contributed by atoms with Crippen LogP contribution >= 0.6 is 23.5 Å². The van der Waals surface area contributed by atoms with Crippen molar-refractivity contribution in [3.63, 3.8) is 0 Å². The van der Waals surface area contributed by atoms with Crippen molar-refractivity contribution in [2.75, 3.05) is 12.4 Å². The summed E-state index contributed by atoms with van der Waals surface area (Å²) in [5, 5.41) is 0.693. The number of benzene rings is 1. The summed E-state index contributed by atoms with van der Waals surface area (Å²) in [5.41, 5.74) is 3.51. The Hall–Kier alpha value is -1.87. The molecule has 0 atom stereocenters. The summed E-state index contributed by atoms with van der Waals surface area (Å²) in [4.78, 5) is 13.4. The van der Waals surface area contributed by atoms with Crippen LogP contribution in [0.3, 0.4) is 0 Å². The second-order valence-corrected chi connectivity index (χ2v) is 8.60. The summed E-state index contributed by atoms with van der Waals surface area (Å²) in [6.07, 6.45) is -0.172. The first-order valence-electron chi connectivity index (χ1n) is 9.25. The number of rotatable bonds is 9. The van der Waals surface area contributed by atoms with E-state index in [-0.39, 0.29) is 5.75 Å². The van der Waals surface area contributed by atoms with Crippen LogP contribution in [0.25, 0.3) is 11.0 Å². The highest BCUT2D eigenvalue weighted by Gasteiger charge is 2.28. The van der Waals surface area contributed by atoms with E-state index >= 15 is 0 Å². The number of aromatic nitrogens is 3. The third-order valence-corrected chi connectivity index (χ3v) is 6.33. The maximum Gasteiger partial charge on any atom is 0.422 e. The molecule has 0 amide bonds. The number of hydrogen-bond donors (Lipinski definition) is 1. The molecule has 0 aliphatic carbocycles. The lowest BCUT2D eigenvalue weighted by Crippen LogP contribution is -2.19. The number of fused-ring (bicyclic) bond motifs is 1. The Kier molecular flexibility index (Phi) is 7.34. The van der Waals surface area contributed by atoms with E-state index in [2.05, 4.69) is 28.8 Å². The van der Waals surface area contributed by atoms with Crippen molar-refractivity contribution in [2.45, 2.75) is 48.7 Å². The van der Waals surface area contributed by atoms with Gasteiger partial charge in [-0.25, -0.2) is 4.98 Å². The molecule has 0 spiro atoms. The maximum absolute atomic E-state index is 12.3. The van der Waals surface area contributed by atoms with E-state index in [9.17, 15) is 13.2 Å². The standard InChI is InChI=1S/C20H22F3N3OS2/c1-3-4-9-28-18-7-8-24-17(13(18)2)11-29-19-25-15-6-5-14(10-16(15)26-19)27-12-20(21,22)23/h5-8,10H,3-4,9,11-12H2,1-2H3,(H,25,26). The van der Waals surface area contributed by atoms with Gasteiger partial charge in [-0.15, -0.1) is 11.8 Å². The summed E-state index contributed by atoms with van der Waals surface area (Å²) in [6.45, 7) is 2.95. The minimum Gasteiger partial charge on any atom is -0.484 e. The van der Waals surface area contributed by atoms with Gasteiger partial charge in [-0.2, -0.15) is 13.2 Å². The van der Waals surface area contributed by atoms with E-state index in [1.54, 1.807) is 6.07 Å². The fourth-order valence-corrected chi connectivity index (χ4v) is 4.66. The number of ether oxygens (including phenoxy) is 1. The molecule has 3 aromatic rings. The lowest BCUT2D eigenvalue weighted by molar-refractivity contribution is -0.153. The lowest BCUT2D eigenvalue weighted by Gasteiger charge is -2.09. The third kappa shape index (κ3) is 6.30. The quantitative estimate of drug-likeness (QED) is 0.308. The number of hydrogen-bond acceptors (Lipinski definition) is 5. The summed E-state index contributed by atoms with van der Waals surface area (Å²) in [5.74, 6) is 1.90. The van der Waals surface area contributed by atoms with Crippen LogP contribution in [0.15, 0.2) is 40.5 Å². The van der Waals surface area contributed by atoms with Crippen LogP contribution in [-0.2, 0) is 5.75 Å². The van der Waals surface area contributed by atoms with Crippen LogP contribution in [-0.4, -0.2) is 33.5 Å². The molecule has 3 rings (SSSR count). The zero-order chi connectivity index (χ0) is 20.9. The number of nitrogens with zero attached hydrogens (tertiary/aromatic N) is 2. The first kappa shape index (κ1) is 21.8. The van der Waals surface area contributed by atoms with Crippen molar-refractivity contribution in [3.8, 4) is 5.75 Å². The summed E-state index contributed by atoms with van der Waals surface area (Å²) in [7, 11) is 0. The van der Waals surface area contributed by atoms with Gasteiger partial charge in [0.1, 0.15) is 5.75 Å². The molecule has 4 nitrogen and oxygen atoms in total. The van der Waals surface area contributed by atoms with E-state index in [4.69, 9.17) is 4.74 Å².